The predicted molar refractivity (Wildman–Crippen MR) is 180 cm³/mol. The normalized spacial score (nSPS) is 43.1. The Labute approximate surface area is 309 Å². The molecule has 0 radical (unpaired) electrons. The van der Waals surface area contributed by atoms with Crippen LogP contribution in [-0.4, -0.2) is 65.9 Å². The lowest BCUT2D eigenvalue weighted by Gasteiger charge is -2.59. The number of fused-ring (bicyclic) bond motifs is 5. The van der Waals surface area contributed by atoms with E-state index in [4.69, 9.17) is 9.47 Å². The van der Waals surface area contributed by atoms with E-state index in [9.17, 15) is 50.1 Å². The highest BCUT2D eigenvalue weighted by Crippen LogP contribution is 2.67. The first kappa shape index (κ1) is 38.9. The highest BCUT2D eigenvalue weighted by Gasteiger charge is 2.67. The zero-order valence-electron chi connectivity index (χ0n) is 30.8. The molecular weight excluding hydrogens is 717 g/mol. The topological polar surface area (TPSA) is 161 Å². The first-order chi connectivity index (χ1) is 24.6. The second-order valence-corrected chi connectivity index (χ2v) is 20.2. The molecule has 0 saturated heterocycles. The molecule has 8 rings (SSSR count). The molecular formula is C39H52F3O10S-. The maximum absolute atomic E-state index is 14.2. The third-order valence-corrected chi connectivity index (χ3v) is 16.7. The van der Waals surface area contributed by atoms with E-state index in [0.29, 0.717) is 57.8 Å². The largest absolute Gasteiger partial charge is 0.743 e. The summed E-state index contributed by atoms with van der Waals surface area (Å²) in [4.78, 5) is 67.1. The molecule has 11 atom stereocenters. The molecule has 0 aromatic carbocycles. The molecule has 296 valence electrons. The fourth-order valence-corrected chi connectivity index (χ4v) is 13.9. The standard InChI is InChI=1S/C39H53F3O10S/c1-21(26-5-6-27-33-28(15-31(45)36(26,27)3)35(2)10-8-25(43)13-24(35)14-29(33)44)4-7-32(46)52-38-18-22-12-23(19-38)17-37(16-22,20-38)34(47)51-11-9-30(40)39(41,42)53(48,49)50/h21-24,26-28,30,33H,4-20H2,1-3H3,(H,48,49,50)/p-1/t21-,22?,23?,24+,26-,27+,28+,30?,33+,35+,36-,37?,38?/m1/s1. The zero-order chi connectivity index (χ0) is 38.5. The minimum Gasteiger partial charge on any atom is -0.743 e. The van der Waals surface area contributed by atoms with Gasteiger partial charge in [0.15, 0.2) is 16.3 Å². The van der Waals surface area contributed by atoms with Gasteiger partial charge < -0.3 is 14.0 Å². The molecule has 0 aromatic rings. The predicted octanol–water partition coefficient (Wildman–Crippen LogP) is 6.28. The Kier molecular flexibility index (Phi) is 9.63. The van der Waals surface area contributed by atoms with Gasteiger partial charge in [0.05, 0.1) is 12.0 Å². The van der Waals surface area contributed by atoms with Crippen molar-refractivity contribution in [3.63, 3.8) is 0 Å². The molecule has 8 aliphatic rings. The number of alkyl halides is 3. The van der Waals surface area contributed by atoms with Gasteiger partial charge in [-0.15, -0.1) is 0 Å². The number of carbonyl (C=O) groups is 5. The van der Waals surface area contributed by atoms with E-state index in [-0.39, 0.29) is 82.9 Å². The maximum atomic E-state index is 14.2. The van der Waals surface area contributed by atoms with Crippen molar-refractivity contribution in [2.24, 2.45) is 63.6 Å². The van der Waals surface area contributed by atoms with E-state index in [0.717, 1.165) is 25.7 Å². The van der Waals surface area contributed by atoms with Gasteiger partial charge in [-0.25, -0.2) is 12.8 Å². The molecule has 8 fully saturated rings. The first-order valence-corrected chi connectivity index (χ1v) is 21.0. The molecule has 4 bridgehead atoms. The van der Waals surface area contributed by atoms with Crippen LogP contribution >= 0.6 is 0 Å². The molecule has 0 heterocycles. The monoisotopic (exact) mass is 769 g/mol. The summed E-state index contributed by atoms with van der Waals surface area (Å²) >= 11 is 0. The number of Topliss-reactive ketones (excluding diaryl/α,β-unsaturated/α-hetero) is 3. The second kappa shape index (κ2) is 13.1. The van der Waals surface area contributed by atoms with Gasteiger partial charge in [-0.1, -0.05) is 20.8 Å². The molecule has 0 spiro atoms. The molecule has 8 saturated carbocycles. The molecule has 8 aliphatic carbocycles. The number of halogens is 3. The number of rotatable bonds is 11. The molecule has 14 heteroatoms. The van der Waals surface area contributed by atoms with Crippen molar-refractivity contribution in [1.29, 1.82) is 0 Å². The van der Waals surface area contributed by atoms with Gasteiger partial charge in [0, 0.05) is 56.3 Å². The summed E-state index contributed by atoms with van der Waals surface area (Å²) in [6.07, 6.45) is 3.26. The third-order valence-electron chi connectivity index (χ3n) is 15.8. The minimum absolute atomic E-state index is 0.00775. The van der Waals surface area contributed by atoms with Gasteiger partial charge in [-0.3, -0.25) is 24.0 Å². The summed E-state index contributed by atoms with van der Waals surface area (Å²) in [6, 6.07) is 0. The molecule has 10 nitrogen and oxygen atoms in total. The van der Waals surface area contributed by atoms with Crippen LogP contribution in [-0.2, 0) is 43.6 Å². The van der Waals surface area contributed by atoms with Gasteiger partial charge in [0.2, 0.25) is 0 Å². The molecule has 0 N–H and O–H groups in total. The Morgan fingerprint density at radius 2 is 1.66 bits per heavy atom. The number of carbonyl (C=O) groups excluding carboxylic acids is 5. The Bertz CT molecular complexity index is 1670. The highest BCUT2D eigenvalue weighted by molar-refractivity contribution is 7.86. The van der Waals surface area contributed by atoms with E-state index >= 15 is 0 Å². The van der Waals surface area contributed by atoms with Crippen LogP contribution in [0.3, 0.4) is 0 Å². The molecule has 0 aliphatic heterocycles. The summed E-state index contributed by atoms with van der Waals surface area (Å²) in [5.74, 6) is -0.603. The van der Waals surface area contributed by atoms with Crippen LogP contribution in [0.2, 0.25) is 0 Å². The van der Waals surface area contributed by atoms with Crippen molar-refractivity contribution in [3.05, 3.63) is 0 Å². The quantitative estimate of drug-likeness (QED) is 0.173. The average Bonchev–Trinajstić information content (AvgIpc) is 3.41. The number of ketones is 3. The lowest BCUT2D eigenvalue weighted by molar-refractivity contribution is -0.213. The van der Waals surface area contributed by atoms with Crippen LogP contribution in [0.5, 0.6) is 0 Å². The molecule has 3 unspecified atom stereocenters. The van der Waals surface area contributed by atoms with Gasteiger partial charge in [-0.2, -0.15) is 8.78 Å². The maximum Gasteiger partial charge on any atom is 0.364 e. The number of ether oxygens (including phenoxy) is 2. The summed E-state index contributed by atoms with van der Waals surface area (Å²) < 4.78 is 84.9. The fourth-order valence-electron chi connectivity index (χ4n) is 13.5. The van der Waals surface area contributed by atoms with Gasteiger partial charge in [0.25, 0.3) is 0 Å². The van der Waals surface area contributed by atoms with E-state index in [1.165, 1.54) is 0 Å². The smallest absolute Gasteiger partial charge is 0.364 e. The van der Waals surface area contributed by atoms with Crippen LogP contribution in [0.4, 0.5) is 13.2 Å². The zero-order valence-corrected chi connectivity index (χ0v) is 31.7. The van der Waals surface area contributed by atoms with Gasteiger partial charge in [-0.05, 0) is 105 Å². The van der Waals surface area contributed by atoms with E-state index < -0.39 is 62.9 Å². The summed E-state index contributed by atoms with van der Waals surface area (Å²) in [5.41, 5.74) is -2.79. The fraction of sp³-hybridized carbons (Fsp3) is 0.872. The van der Waals surface area contributed by atoms with Crippen molar-refractivity contribution in [2.75, 3.05) is 6.61 Å². The molecule has 0 aromatic heterocycles. The molecule has 53 heavy (non-hydrogen) atoms. The van der Waals surface area contributed by atoms with Crippen LogP contribution in [0.1, 0.15) is 124 Å². The number of hydrogen-bond donors (Lipinski definition) is 0. The lowest BCUT2D eigenvalue weighted by Crippen LogP contribution is -2.60. The van der Waals surface area contributed by atoms with Crippen LogP contribution < -0.4 is 0 Å². The van der Waals surface area contributed by atoms with E-state index in [1.807, 2.05) is 6.92 Å². The first-order valence-electron chi connectivity index (χ1n) is 19.6. The van der Waals surface area contributed by atoms with Crippen molar-refractivity contribution in [2.45, 2.75) is 141 Å². The van der Waals surface area contributed by atoms with Crippen LogP contribution in [0.25, 0.3) is 0 Å². The minimum atomic E-state index is -6.23. The van der Waals surface area contributed by atoms with E-state index in [1.54, 1.807) is 0 Å². The average molecular weight is 770 g/mol. The van der Waals surface area contributed by atoms with Crippen molar-refractivity contribution in [3.8, 4) is 0 Å². The summed E-state index contributed by atoms with van der Waals surface area (Å²) in [6.45, 7) is 5.47. The Hall–Kier alpha value is -2.35. The van der Waals surface area contributed by atoms with Crippen molar-refractivity contribution < 1.29 is 59.6 Å². The van der Waals surface area contributed by atoms with Crippen LogP contribution in [0, 0.1) is 63.6 Å². The second-order valence-electron chi connectivity index (χ2n) is 18.8. The summed E-state index contributed by atoms with van der Waals surface area (Å²) in [5, 5.41) is -5.14. The number of hydrogen-bond acceptors (Lipinski definition) is 10. The van der Waals surface area contributed by atoms with Crippen molar-refractivity contribution in [1.82, 2.24) is 0 Å². The van der Waals surface area contributed by atoms with Crippen LogP contribution in [0.15, 0.2) is 0 Å². The molecule has 0 amide bonds. The Morgan fingerprint density at radius 3 is 2.32 bits per heavy atom. The highest BCUT2D eigenvalue weighted by atomic mass is 32.2. The van der Waals surface area contributed by atoms with Gasteiger partial charge in [0.1, 0.15) is 23.0 Å². The Morgan fingerprint density at radius 1 is 0.981 bits per heavy atom. The van der Waals surface area contributed by atoms with E-state index in [2.05, 4.69) is 13.8 Å². The lowest BCUT2D eigenvalue weighted by atomic mass is 9.44. The SMILES string of the molecule is C[C@H](CCC(=O)OC12CC3CC(C1)CC(C(=O)OCCC(F)C(F)(F)S(=O)(=O)[O-])(C3)C2)[C@H]1CC[C@H]2[C@@H]3C(=O)C[C@@H]4CC(=O)CC[C@]4(C)[C@H]3CC(=O)[C@]12C. The number of esters is 2. The third kappa shape index (κ3) is 6.31. The van der Waals surface area contributed by atoms with Gasteiger partial charge >= 0.3 is 17.2 Å². The summed E-state index contributed by atoms with van der Waals surface area (Å²) in [7, 11) is -6.23. The van der Waals surface area contributed by atoms with Crippen molar-refractivity contribution >= 4 is 39.4 Å². The Balaban J connectivity index is 0.965.